The summed E-state index contributed by atoms with van der Waals surface area (Å²) >= 11 is 5.65. The van der Waals surface area contributed by atoms with Crippen molar-refractivity contribution in [1.29, 1.82) is 0 Å². The van der Waals surface area contributed by atoms with Crippen molar-refractivity contribution >= 4 is 243 Å². The van der Waals surface area contributed by atoms with Crippen LogP contribution < -0.4 is 14.7 Å². The molecule has 702 valence electrons. The summed E-state index contributed by atoms with van der Waals surface area (Å²) in [6.45, 7) is 0. The minimum absolute atomic E-state index is 1.12. The highest BCUT2D eigenvalue weighted by Crippen LogP contribution is 2.51. The van der Waals surface area contributed by atoms with E-state index in [1.54, 1.807) is 0 Å². The van der Waals surface area contributed by atoms with Crippen LogP contribution in [0.3, 0.4) is 0 Å². The van der Waals surface area contributed by atoms with Gasteiger partial charge in [0.1, 0.15) is 0 Å². The maximum Gasteiger partial charge on any atom is 0.0540 e. The van der Waals surface area contributed by atoms with E-state index in [4.69, 9.17) is 0 Å². The molecule has 0 saturated carbocycles. The average Bonchev–Trinajstić information content (AvgIpc) is 1.67. The van der Waals surface area contributed by atoms with Gasteiger partial charge in [-0.25, -0.2) is 0 Å². The number of hydrogen-bond donors (Lipinski definition) is 0. The van der Waals surface area contributed by atoms with Gasteiger partial charge in [-0.1, -0.05) is 425 Å². The number of rotatable bonds is 15. The first-order chi connectivity index (χ1) is 74.3. The molecule has 0 amide bonds. The van der Waals surface area contributed by atoms with Crippen LogP contribution in [0.5, 0.6) is 0 Å². The van der Waals surface area contributed by atoms with Crippen molar-refractivity contribution in [3.8, 4) is 66.8 Å². The minimum atomic E-state index is 1.12. The highest BCUT2D eigenvalue weighted by Gasteiger charge is 2.25. The second-order valence-corrected chi connectivity index (χ2v) is 42.0. The largest absolute Gasteiger partial charge is 0.310 e. The zero-order valence-electron chi connectivity index (χ0n) is 81.8. The number of fused-ring (bicyclic) bond motifs is 24. The van der Waals surface area contributed by atoms with Crippen LogP contribution in [0.4, 0.5) is 51.2 Å². The number of para-hydroxylation sites is 1. The fourth-order valence-corrected chi connectivity index (χ4v) is 26.5. The van der Waals surface area contributed by atoms with Crippen molar-refractivity contribution in [3.05, 3.63) is 564 Å². The number of anilines is 9. The number of benzene rings is 27. The van der Waals surface area contributed by atoms with Gasteiger partial charge in [0, 0.05) is 112 Å². The van der Waals surface area contributed by atoms with Crippen LogP contribution in [0.15, 0.2) is 564 Å². The maximum atomic E-state index is 2.42. The Hall–Kier alpha value is -18.7. The third kappa shape index (κ3) is 16.2. The van der Waals surface area contributed by atoms with Crippen LogP contribution in [-0.2, 0) is 0 Å². The normalized spacial score (nSPS) is 11.6. The molecule has 3 nitrogen and oxygen atoms in total. The van der Waals surface area contributed by atoms with Crippen LogP contribution >= 0.6 is 34.0 Å². The predicted molar refractivity (Wildman–Crippen MR) is 652 cm³/mol. The molecule has 6 heteroatoms. The summed E-state index contributed by atoms with van der Waals surface area (Å²) in [7, 11) is 0. The molecule has 0 bridgehead atoms. The highest BCUT2D eigenvalue weighted by molar-refractivity contribution is 7.27. The Balaban J connectivity index is 0.000000108. The zero-order chi connectivity index (χ0) is 99.1. The molecule has 0 saturated heterocycles. The third-order valence-electron chi connectivity index (χ3n) is 30.1. The van der Waals surface area contributed by atoms with E-state index < -0.39 is 0 Å². The van der Waals surface area contributed by atoms with Gasteiger partial charge >= 0.3 is 0 Å². The van der Waals surface area contributed by atoms with E-state index in [1.165, 1.54) is 224 Å². The lowest BCUT2D eigenvalue weighted by Crippen LogP contribution is -2.11. The van der Waals surface area contributed by atoms with Crippen molar-refractivity contribution < 1.29 is 0 Å². The summed E-state index contributed by atoms with van der Waals surface area (Å²) < 4.78 is 8.04. The van der Waals surface area contributed by atoms with Crippen LogP contribution in [0.1, 0.15) is 0 Å². The SMILES string of the molecule is c1ccc(-c2ccc(N(c3ccc(-c4cc5ccccc5c5ccccc45)cc3)c3ccc4c(ccc5c6ccccc6sc45)c3)cc2)cc1.c1ccc(-c2cccc(N(c3ccc(-c4ccc5c(ccc6ccccc65)c4)cc3)c3ccc4c(ccc5c6ccccc6sc45)c3)c2)cc1.c1ccc(-c2ccccc2N(c2ccc(-c3cc4ccccc4c4ccccc34)cc2)c2ccc3c(ccc4c5ccccc5sc34)c2)cc1. The Labute approximate surface area is 881 Å². The molecule has 0 N–H and O–H groups in total. The number of hydrogen-bond acceptors (Lipinski definition) is 6. The molecular formula is C144H93N3S3. The average molecular weight is 1960 g/mol. The molecule has 0 atom stereocenters. The van der Waals surface area contributed by atoms with Crippen molar-refractivity contribution in [1.82, 2.24) is 0 Å². The molecule has 0 spiro atoms. The zero-order valence-corrected chi connectivity index (χ0v) is 84.2. The first-order valence-electron chi connectivity index (χ1n) is 51.3. The van der Waals surface area contributed by atoms with E-state index in [2.05, 4.69) is 579 Å². The molecule has 0 aliphatic heterocycles. The summed E-state index contributed by atoms with van der Waals surface area (Å²) in [6, 6.07) is 206. The Bertz CT molecular complexity index is 10500. The lowest BCUT2D eigenvalue weighted by atomic mass is 9.93. The van der Waals surface area contributed by atoms with E-state index in [0.29, 0.717) is 0 Å². The summed E-state index contributed by atoms with van der Waals surface area (Å²) in [4.78, 5) is 7.18. The minimum Gasteiger partial charge on any atom is -0.310 e. The van der Waals surface area contributed by atoms with Crippen LogP contribution in [0.25, 0.3) is 224 Å². The van der Waals surface area contributed by atoms with E-state index in [-0.39, 0.29) is 0 Å². The fourth-order valence-electron chi connectivity index (χ4n) is 22.8. The molecule has 30 rings (SSSR count). The van der Waals surface area contributed by atoms with E-state index in [1.807, 2.05) is 34.0 Å². The third-order valence-corrected chi connectivity index (χ3v) is 33.8. The van der Waals surface area contributed by atoms with E-state index >= 15 is 0 Å². The molecule has 0 fully saturated rings. The standard InChI is InChI=1S/3C48H31NS/c1-2-12-32(13-3-1)39-16-8-10-20-46(39)49(37-27-29-40-35(30-37)24-28-44-43-19-9-11-21-47(43)50-48(40)44)36-25-22-33(23-26-36)45-31-34-14-4-5-15-38(34)41-17-6-7-18-42(41)45;1-2-10-32(11-3-1)33-18-23-37(24-19-33)49(39-27-29-41-36(30-39)22-28-45-44-16-8-9-17-47(44)50-48(41)45)38-25-20-34(21-26-38)46-31-35-12-4-5-13-40(35)42-14-6-7-15-43(42)46;1-2-9-32(10-3-1)35-12-8-13-40(30-35)49(41-25-28-44-38(31-41)22-27-46-45-15-6-7-16-47(45)50-48(44)46)39-23-19-33(20-24-39)36-21-26-43-37(29-36)18-17-34-11-4-5-14-42(34)43/h3*1-31H. The second kappa shape index (κ2) is 38.1. The van der Waals surface area contributed by atoms with Crippen LogP contribution in [0, 0.1) is 0 Å². The maximum absolute atomic E-state index is 2.42. The molecule has 30 aromatic rings. The molecule has 0 aliphatic rings. The van der Waals surface area contributed by atoms with Gasteiger partial charge in [0.05, 0.1) is 5.69 Å². The summed E-state index contributed by atoms with van der Waals surface area (Å²) in [5.41, 5.74) is 24.7. The van der Waals surface area contributed by atoms with Crippen LogP contribution in [-0.4, -0.2) is 0 Å². The Morgan fingerprint density at radius 3 is 0.840 bits per heavy atom. The van der Waals surface area contributed by atoms with Gasteiger partial charge in [0.15, 0.2) is 0 Å². The topological polar surface area (TPSA) is 9.72 Å². The van der Waals surface area contributed by atoms with Crippen molar-refractivity contribution in [2.75, 3.05) is 14.7 Å². The molecule has 0 aliphatic carbocycles. The fraction of sp³-hybridized carbons (Fsp3) is 0. The smallest absolute Gasteiger partial charge is 0.0540 e. The lowest BCUT2D eigenvalue weighted by molar-refractivity contribution is 1.29. The Morgan fingerprint density at radius 1 is 0.113 bits per heavy atom. The number of nitrogens with zero attached hydrogens (tertiary/aromatic N) is 3. The van der Waals surface area contributed by atoms with Gasteiger partial charge in [0.25, 0.3) is 0 Å². The molecule has 0 radical (unpaired) electrons. The monoisotopic (exact) mass is 1960 g/mol. The van der Waals surface area contributed by atoms with Crippen molar-refractivity contribution in [2.24, 2.45) is 0 Å². The molecule has 3 heterocycles. The van der Waals surface area contributed by atoms with E-state index in [0.717, 1.165) is 51.2 Å². The lowest BCUT2D eigenvalue weighted by Gasteiger charge is -2.28. The highest BCUT2D eigenvalue weighted by atomic mass is 32.1. The van der Waals surface area contributed by atoms with Gasteiger partial charge < -0.3 is 14.7 Å². The summed E-state index contributed by atoms with van der Waals surface area (Å²) in [5, 5.41) is 30.9. The van der Waals surface area contributed by atoms with Crippen LogP contribution in [0.2, 0.25) is 0 Å². The summed E-state index contributed by atoms with van der Waals surface area (Å²) in [6.07, 6.45) is 0. The van der Waals surface area contributed by atoms with Gasteiger partial charge in [-0.3, -0.25) is 0 Å². The van der Waals surface area contributed by atoms with Gasteiger partial charge in [-0.15, -0.1) is 34.0 Å². The summed E-state index contributed by atoms with van der Waals surface area (Å²) in [5.74, 6) is 0. The molecule has 3 aromatic heterocycles. The van der Waals surface area contributed by atoms with Crippen molar-refractivity contribution in [3.63, 3.8) is 0 Å². The molecule has 27 aromatic carbocycles. The molecule has 150 heavy (non-hydrogen) atoms. The quantitative estimate of drug-likeness (QED) is 0.0947. The molecule has 0 unspecified atom stereocenters. The Morgan fingerprint density at radius 2 is 0.373 bits per heavy atom. The van der Waals surface area contributed by atoms with Gasteiger partial charge in [0.2, 0.25) is 0 Å². The Kier molecular flexibility index (Phi) is 22.6. The first-order valence-corrected chi connectivity index (χ1v) is 53.7. The number of thiophene rings is 3. The predicted octanol–water partition coefficient (Wildman–Crippen LogP) is 43.0. The van der Waals surface area contributed by atoms with Gasteiger partial charge in [-0.2, -0.15) is 0 Å². The van der Waals surface area contributed by atoms with Crippen molar-refractivity contribution in [2.45, 2.75) is 0 Å². The second-order valence-electron chi connectivity index (χ2n) is 38.8. The van der Waals surface area contributed by atoms with Gasteiger partial charge in [-0.05, 0) is 298 Å². The molecular weight excluding hydrogens is 1870 g/mol. The van der Waals surface area contributed by atoms with E-state index in [9.17, 15) is 0 Å². The first kappa shape index (κ1) is 89.0.